The van der Waals surface area contributed by atoms with E-state index in [-0.39, 0.29) is 29.5 Å². The molecule has 2 aromatic heterocycles. The number of carbonyl (C=O) groups excluding carboxylic acids is 2. The van der Waals surface area contributed by atoms with E-state index in [1.165, 1.54) is 17.9 Å². The molecule has 2 heterocycles. The fraction of sp³-hybridized carbons (Fsp3) is 0.364. The van der Waals surface area contributed by atoms with E-state index in [0.29, 0.717) is 21.1 Å². The number of pyridine rings is 1. The van der Waals surface area contributed by atoms with Crippen molar-refractivity contribution in [3.05, 3.63) is 46.2 Å². The van der Waals surface area contributed by atoms with Crippen LogP contribution in [0, 0.1) is 5.41 Å². The Morgan fingerprint density at radius 3 is 2.41 bits per heavy atom. The molecule has 0 aliphatic carbocycles. The van der Waals surface area contributed by atoms with Gasteiger partial charge in [0.2, 0.25) is 11.7 Å². The highest BCUT2D eigenvalue weighted by molar-refractivity contribution is 9.10. The molecule has 0 saturated heterocycles. The molecule has 37 heavy (non-hydrogen) atoms. The van der Waals surface area contributed by atoms with Crippen LogP contribution < -0.4 is 9.47 Å². The minimum Gasteiger partial charge on any atom is -0.495 e. The molecule has 200 valence electrons. The van der Waals surface area contributed by atoms with E-state index in [4.69, 9.17) is 19.3 Å². The lowest BCUT2D eigenvalue weighted by atomic mass is 9.91. The van der Waals surface area contributed by atoms with E-state index < -0.39 is 31.7 Å². The van der Waals surface area contributed by atoms with Gasteiger partial charge < -0.3 is 19.3 Å². The quantitative estimate of drug-likeness (QED) is 0.255. The van der Waals surface area contributed by atoms with Gasteiger partial charge in [-0.05, 0) is 28.1 Å². The average molecular weight is 606 g/mol. The number of Topliss-reactive ketones (excluding diaryl/α,β-unsaturated/α-hetero) is 1. The van der Waals surface area contributed by atoms with Gasteiger partial charge in [-0.15, -0.1) is 0 Å². The van der Waals surface area contributed by atoms with Crippen LogP contribution in [0.3, 0.4) is 0 Å². The highest BCUT2D eigenvalue weighted by Gasteiger charge is 2.39. The molecule has 15 heteroatoms. The third-order valence-corrected chi connectivity index (χ3v) is 6.13. The summed E-state index contributed by atoms with van der Waals surface area (Å²) in [4.78, 5) is 46.8. The van der Waals surface area contributed by atoms with Gasteiger partial charge in [-0.25, -0.2) is 14.1 Å². The second-order valence-corrected chi connectivity index (χ2v) is 10.9. The van der Waals surface area contributed by atoms with Crippen molar-refractivity contribution in [1.82, 2.24) is 14.8 Å². The van der Waals surface area contributed by atoms with Crippen LogP contribution in [0.5, 0.6) is 11.6 Å². The van der Waals surface area contributed by atoms with E-state index >= 15 is 0 Å². The standard InChI is InChI=1S/C22H23BrF2N3O8P/c1-21(2,3)17(29)10-28-15-8-16(34-4)14(23)7-13(15)19(27-28)20(30)12-5-6-18(26-9-12)35-11-22(24,25)36-37(31,32)33/h5-9H,10-11H2,1-4H3,(H2,31,32,33). The molecule has 0 aliphatic heterocycles. The lowest BCUT2D eigenvalue weighted by molar-refractivity contribution is -0.205. The van der Waals surface area contributed by atoms with Crippen molar-refractivity contribution in [2.24, 2.45) is 5.41 Å². The second kappa shape index (κ2) is 10.5. The van der Waals surface area contributed by atoms with Gasteiger partial charge in [-0.1, -0.05) is 20.8 Å². The Morgan fingerprint density at radius 1 is 1.19 bits per heavy atom. The number of alkyl halides is 2. The van der Waals surface area contributed by atoms with Crippen LogP contribution in [0.15, 0.2) is 34.9 Å². The van der Waals surface area contributed by atoms with Gasteiger partial charge in [0.25, 0.3) is 0 Å². The van der Waals surface area contributed by atoms with Gasteiger partial charge in [0, 0.05) is 34.7 Å². The molecule has 2 N–H and O–H groups in total. The molecule has 1 aromatic carbocycles. The SMILES string of the molecule is COc1cc2c(cc1Br)c(C(=O)c1ccc(OCC(F)(F)OP(=O)(O)O)nc1)nn2CC(=O)C(C)(C)C. The summed E-state index contributed by atoms with van der Waals surface area (Å²) < 4.78 is 53.0. The second-order valence-electron chi connectivity index (χ2n) is 8.91. The smallest absolute Gasteiger partial charge is 0.474 e. The first kappa shape index (κ1) is 28.8. The van der Waals surface area contributed by atoms with Crippen molar-refractivity contribution in [1.29, 1.82) is 0 Å². The summed E-state index contributed by atoms with van der Waals surface area (Å²) in [6.45, 7) is 3.70. The molecule has 0 amide bonds. The number of benzene rings is 1. The third-order valence-electron chi connectivity index (χ3n) is 5.01. The van der Waals surface area contributed by atoms with Crippen molar-refractivity contribution in [3.63, 3.8) is 0 Å². The van der Waals surface area contributed by atoms with Gasteiger partial charge in [0.1, 0.15) is 18.0 Å². The maximum atomic E-state index is 13.5. The van der Waals surface area contributed by atoms with Crippen LogP contribution in [0.2, 0.25) is 0 Å². The zero-order valence-corrected chi connectivity index (χ0v) is 22.5. The first-order chi connectivity index (χ1) is 17.0. The van der Waals surface area contributed by atoms with Crippen LogP contribution in [-0.4, -0.2) is 55.9 Å². The van der Waals surface area contributed by atoms with Crippen molar-refractivity contribution in [3.8, 4) is 11.6 Å². The van der Waals surface area contributed by atoms with Gasteiger partial charge in [-0.2, -0.15) is 13.9 Å². The summed E-state index contributed by atoms with van der Waals surface area (Å²) in [6.07, 6.45) is -3.21. The first-order valence-electron chi connectivity index (χ1n) is 10.6. The van der Waals surface area contributed by atoms with Crippen molar-refractivity contribution in [2.45, 2.75) is 33.4 Å². The highest BCUT2D eigenvalue weighted by atomic mass is 79.9. The number of phosphoric acid groups is 1. The van der Waals surface area contributed by atoms with Crippen LogP contribution in [0.25, 0.3) is 10.9 Å². The van der Waals surface area contributed by atoms with Gasteiger partial charge in [0.05, 0.1) is 17.1 Å². The Labute approximate surface area is 218 Å². The molecule has 3 aromatic rings. The number of halogens is 3. The van der Waals surface area contributed by atoms with E-state index in [2.05, 4.69) is 30.5 Å². The number of hydrogen-bond acceptors (Lipinski definition) is 8. The summed E-state index contributed by atoms with van der Waals surface area (Å²) in [5.41, 5.74) is -0.0843. The summed E-state index contributed by atoms with van der Waals surface area (Å²) >= 11 is 3.38. The lowest BCUT2D eigenvalue weighted by Gasteiger charge is -2.17. The summed E-state index contributed by atoms with van der Waals surface area (Å²) in [7, 11) is -3.97. The van der Waals surface area contributed by atoms with Gasteiger partial charge in [0.15, 0.2) is 12.4 Å². The van der Waals surface area contributed by atoms with E-state index in [1.54, 1.807) is 32.9 Å². The number of carbonyl (C=O) groups is 2. The van der Waals surface area contributed by atoms with E-state index in [0.717, 1.165) is 12.3 Å². The first-order valence-corrected chi connectivity index (χ1v) is 12.9. The third kappa shape index (κ3) is 7.17. The zero-order chi connectivity index (χ0) is 27.8. The predicted octanol–water partition coefficient (Wildman–Crippen LogP) is 4.13. The number of fused-ring (bicyclic) bond motifs is 1. The number of ether oxygens (including phenoxy) is 2. The Balaban J connectivity index is 1.90. The fourth-order valence-electron chi connectivity index (χ4n) is 3.09. The number of methoxy groups -OCH3 is 1. The number of hydrogen-bond donors (Lipinski definition) is 2. The Bertz CT molecular complexity index is 1380. The minimum atomic E-state index is -5.45. The fourth-order valence-corrected chi connectivity index (χ4v) is 3.99. The maximum Gasteiger partial charge on any atom is 0.474 e. The molecule has 0 fully saturated rings. The number of nitrogens with zero attached hydrogens (tertiary/aromatic N) is 3. The molecule has 0 spiro atoms. The highest BCUT2D eigenvalue weighted by Crippen LogP contribution is 2.42. The number of aromatic nitrogens is 3. The molecule has 0 saturated carbocycles. The molecule has 0 atom stereocenters. The summed E-state index contributed by atoms with van der Waals surface area (Å²) in [5, 5.41) is 4.82. The monoisotopic (exact) mass is 605 g/mol. The van der Waals surface area contributed by atoms with Crippen molar-refractivity contribution in [2.75, 3.05) is 13.7 Å². The topological polar surface area (TPSA) is 150 Å². The molecule has 0 radical (unpaired) electrons. The molecule has 11 nitrogen and oxygen atoms in total. The number of rotatable bonds is 10. The van der Waals surface area contributed by atoms with Crippen LogP contribution in [-0.2, 0) is 20.4 Å². The molecular formula is C22H23BrF2N3O8P. The van der Waals surface area contributed by atoms with Crippen molar-refractivity contribution >= 4 is 46.2 Å². The summed E-state index contributed by atoms with van der Waals surface area (Å²) in [5.74, 6) is -0.540. The van der Waals surface area contributed by atoms with Gasteiger partial charge in [-0.3, -0.25) is 14.3 Å². The van der Waals surface area contributed by atoms with E-state index in [9.17, 15) is 22.9 Å². The van der Waals surface area contributed by atoms with E-state index in [1.807, 2.05) is 0 Å². The minimum absolute atomic E-state index is 0.0251. The maximum absolute atomic E-state index is 13.5. The molecule has 3 rings (SSSR count). The normalized spacial score (nSPS) is 12.6. The van der Waals surface area contributed by atoms with Gasteiger partial charge >= 0.3 is 13.9 Å². The molecule has 0 aliphatic rings. The van der Waals surface area contributed by atoms with Crippen LogP contribution in [0.1, 0.15) is 36.8 Å². The zero-order valence-electron chi connectivity index (χ0n) is 20.1. The number of ketones is 2. The largest absolute Gasteiger partial charge is 0.495 e. The predicted molar refractivity (Wildman–Crippen MR) is 130 cm³/mol. The molecule has 0 bridgehead atoms. The van der Waals surface area contributed by atoms with Crippen LogP contribution >= 0.6 is 23.8 Å². The average Bonchev–Trinajstić information content (AvgIpc) is 3.11. The number of phosphoric ester groups is 1. The van der Waals surface area contributed by atoms with Crippen molar-refractivity contribution < 1.29 is 46.7 Å². The summed E-state index contributed by atoms with van der Waals surface area (Å²) in [6, 6.07) is 5.67. The lowest BCUT2D eigenvalue weighted by Crippen LogP contribution is -2.28. The molecular weight excluding hydrogens is 583 g/mol. The Morgan fingerprint density at radius 2 is 1.86 bits per heavy atom. The molecule has 0 unspecified atom stereocenters. The Kier molecular flexibility index (Phi) is 8.20. The van der Waals surface area contributed by atoms with Crippen LogP contribution in [0.4, 0.5) is 8.78 Å². The Hall–Kier alpha value is -2.77.